The molecule has 2 aliphatic rings. The summed E-state index contributed by atoms with van der Waals surface area (Å²) >= 11 is 6.05. The number of epoxide rings is 1. The second-order valence-electron chi connectivity index (χ2n) is 6.70. The largest absolute Gasteiger partial charge is 0.369 e. The summed E-state index contributed by atoms with van der Waals surface area (Å²) < 4.78 is 70.6. The molecule has 0 bridgehead atoms. The highest BCUT2D eigenvalue weighted by atomic mass is 35.5. The third-order valence-electron chi connectivity index (χ3n) is 4.86. The van der Waals surface area contributed by atoms with E-state index in [0.29, 0.717) is 25.0 Å². The molecule has 1 N–H and O–H groups in total. The standard InChI is InChI=1S/C18H13ClF3NO4S/c19-11-2-1-8(18(24)23-9-4-12(20)17(22)13(21)5-9)3-16(11)28(25,26)10-6-14-15(7-10)27-14/h1-5,10,14-15H,6-7H2,(H,23,24)/t10?,14-,15+. The van der Waals surface area contributed by atoms with Gasteiger partial charge in [-0.25, -0.2) is 21.6 Å². The number of ether oxygens (including phenoxy) is 1. The molecule has 5 nitrogen and oxygen atoms in total. The van der Waals surface area contributed by atoms with Gasteiger partial charge in [-0.1, -0.05) is 11.6 Å². The first-order valence-electron chi connectivity index (χ1n) is 8.31. The average molecular weight is 432 g/mol. The summed E-state index contributed by atoms with van der Waals surface area (Å²) in [6.45, 7) is 0. The molecular weight excluding hydrogens is 419 g/mol. The molecule has 1 saturated carbocycles. The normalized spacial score (nSPS) is 23.4. The number of nitrogens with one attached hydrogen (secondary N) is 1. The van der Waals surface area contributed by atoms with Crippen LogP contribution in [0.25, 0.3) is 0 Å². The van der Waals surface area contributed by atoms with Crippen LogP contribution in [0, 0.1) is 17.5 Å². The molecule has 28 heavy (non-hydrogen) atoms. The number of benzene rings is 2. The molecular formula is C18H13ClF3NO4S. The fraction of sp³-hybridized carbons (Fsp3) is 0.278. The van der Waals surface area contributed by atoms with E-state index in [1.165, 1.54) is 12.1 Å². The Hall–Kier alpha value is -2.10. The van der Waals surface area contributed by atoms with Gasteiger partial charge in [0, 0.05) is 23.4 Å². The summed E-state index contributed by atoms with van der Waals surface area (Å²) in [6.07, 6.45) is 0.642. The Bertz CT molecular complexity index is 1060. The Morgan fingerprint density at radius 2 is 1.68 bits per heavy atom. The number of anilines is 1. The summed E-state index contributed by atoms with van der Waals surface area (Å²) in [4.78, 5) is 12.2. The number of rotatable bonds is 4. The van der Waals surface area contributed by atoms with Crippen molar-refractivity contribution in [2.24, 2.45) is 0 Å². The van der Waals surface area contributed by atoms with E-state index in [1.807, 2.05) is 0 Å². The van der Waals surface area contributed by atoms with E-state index >= 15 is 0 Å². The van der Waals surface area contributed by atoms with Gasteiger partial charge in [-0.3, -0.25) is 4.79 Å². The average Bonchev–Trinajstić information content (AvgIpc) is 3.24. The third kappa shape index (κ3) is 3.38. The quantitative estimate of drug-likeness (QED) is 0.591. The van der Waals surface area contributed by atoms with Crippen molar-refractivity contribution >= 4 is 33.0 Å². The van der Waals surface area contributed by atoms with Crippen LogP contribution in [0.15, 0.2) is 35.2 Å². The van der Waals surface area contributed by atoms with Gasteiger partial charge in [-0.15, -0.1) is 0 Å². The second kappa shape index (κ2) is 6.75. The van der Waals surface area contributed by atoms with E-state index in [2.05, 4.69) is 5.32 Å². The molecule has 1 aliphatic heterocycles. The number of hydrogen-bond donors (Lipinski definition) is 1. The first-order chi connectivity index (χ1) is 13.2. The van der Waals surface area contributed by atoms with Gasteiger partial charge >= 0.3 is 0 Å². The van der Waals surface area contributed by atoms with Crippen LogP contribution >= 0.6 is 11.6 Å². The molecule has 148 valence electrons. The van der Waals surface area contributed by atoms with Gasteiger partial charge in [0.25, 0.3) is 5.91 Å². The monoisotopic (exact) mass is 431 g/mol. The molecule has 2 fully saturated rings. The molecule has 1 heterocycles. The summed E-state index contributed by atoms with van der Waals surface area (Å²) in [5.74, 6) is -5.40. The van der Waals surface area contributed by atoms with E-state index in [-0.39, 0.29) is 33.4 Å². The fourth-order valence-electron chi connectivity index (χ4n) is 3.33. The minimum absolute atomic E-state index is 0.0306. The minimum Gasteiger partial charge on any atom is -0.369 e. The summed E-state index contributed by atoms with van der Waals surface area (Å²) in [5.41, 5.74) is -0.388. The lowest BCUT2D eigenvalue weighted by Gasteiger charge is -2.15. The number of amides is 1. The first kappa shape index (κ1) is 19.2. The lowest BCUT2D eigenvalue weighted by molar-refractivity contribution is 0.102. The SMILES string of the molecule is O=C(Nc1cc(F)c(F)c(F)c1)c1ccc(Cl)c(S(=O)(=O)C2C[C@@H]3O[C@@H]3C2)c1. The Kier molecular flexibility index (Phi) is 4.64. The maximum Gasteiger partial charge on any atom is 0.255 e. The molecule has 1 saturated heterocycles. The van der Waals surface area contributed by atoms with E-state index in [0.717, 1.165) is 6.07 Å². The molecule has 0 radical (unpaired) electrons. The second-order valence-corrected chi connectivity index (χ2v) is 9.31. The molecule has 0 spiro atoms. The van der Waals surface area contributed by atoms with Crippen molar-refractivity contribution < 1.29 is 31.1 Å². The van der Waals surface area contributed by atoms with E-state index in [9.17, 15) is 26.4 Å². The topological polar surface area (TPSA) is 75.8 Å². The highest BCUT2D eigenvalue weighted by Gasteiger charge is 2.52. The van der Waals surface area contributed by atoms with Crippen LogP contribution < -0.4 is 5.32 Å². The Balaban J connectivity index is 1.60. The predicted molar refractivity (Wildman–Crippen MR) is 94.6 cm³/mol. The lowest BCUT2D eigenvalue weighted by Crippen LogP contribution is -2.22. The van der Waals surface area contributed by atoms with Crippen LogP contribution in [0.2, 0.25) is 5.02 Å². The number of sulfone groups is 1. The zero-order chi connectivity index (χ0) is 20.2. The van der Waals surface area contributed by atoms with Gasteiger partial charge in [-0.05, 0) is 31.0 Å². The van der Waals surface area contributed by atoms with Crippen LogP contribution in [-0.4, -0.2) is 31.8 Å². The van der Waals surface area contributed by atoms with Gasteiger partial charge in [0.15, 0.2) is 27.3 Å². The Morgan fingerprint density at radius 3 is 2.29 bits per heavy atom. The van der Waals surface area contributed by atoms with Crippen molar-refractivity contribution in [2.75, 3.05) is 5.32 Å². The molecule has 10 heteroatoms. The smallest absolute Gasteiger partial charge is 0.255 e. The van der Waals surface area contributed by atoms with Gasteiger partial charge in [0.1, 0.15) is 0 Å². The highest BCUT2D eigenvalue weighted by molar-refractivity contribution is 7.92. The zero-order valence-electron chi connectivity index (χ0n) is 14.1. The summed E-state index contributed by atoms with van der Waals surface area (Å²) in [5, 5.41) is 1.53. The number of fused-ring (bicyclic) bond motifs is 1. The molecule has 4 rings (SSSR count). The molecule has 1 amide bonds. The van der Waals surface area contributed by atoms with E-state index in [4.69, 9.17) is 16.3 Å². The number of carbonyl (C=O) groups excluding carboxylic acids is 1. The van der Waals surface area contributed by atoms with Gasteiger partial charge in [-0.2, -0.15) is 0 Å². The Morgan fingerprint density at radius 1 is 1.07 bits per heavy atom. The van der Waals surface area contributed by atoms with Gasteiger partial charge in [0.2, 0.25) is 0 Å². The van der Waals surface area contributed by atoms with Crippen molar-refractivity contribution in [1.82, 2.24) is 0 Å². The predicted octanol–water partition coefficient (Wildman–Crippen LogP) is 3.71. The Labute approximate surface area is 163 Å². The van der Waals surface area contributed by atoms with Crippen molar-refractivity contribution in [2.45, 2.75) is 35.2 Å². The molecule has 3 atom stereocenters. The van der Waals surface area contributed by atoms with Crippen LogP contribution in [0.5, 0.6) is 0 Å². The molecule has 1 aliphatic carbocycles. The van der Waals surface area contributed by atoms with Crippen LogP contribution in [0.4, 0.5) is 18.9 Å². The summed E-state index contributed by atoms with van der Waals surface area (Å²) in [6, 6.07) is 4.90. The number of halogens is 4. The van der Waals surface area contributed by atoms with Gasteiger partial charge in [0.05, 0.1) is 27.4 Å². The van der Waals surface area contributed by atoms with Gasteiger partial charge < -0.3 is 10.1 Å². The molecule has 0 aromatic heterocycles. The third-order valence-corrected chi connectivity index (χ3v) is 7.51. The van der Waals surface area contributed by atoms with Crippen molar-refractivity contribution in [3.63, 3.8) is 0 Å². The first-order valence-corrected chi connectivity index (χ1v) is 10.2. The summed E-state index contributed by atoms with van der Waals surface area (Å²) in [7, 11) is -3.78. The van der Waals surface area contributed by atoms with E-state index in [1.54, 1.807) is 0 Å². The number of hydrogen-bond acceptors (Lipinski definition) is 4. The maximum atomic E-state index is 13.3. The highest BCUT2D eigenvalue weighted by Crippen LogP contribution is 2.44. The van der Waals surface area contributed by atoms with Crippen molar-refractivity contribution in [3.8, 4) is 0 Å². The van der Waals surface area contributed by atoms with Crippen LogP contribution in [0.1, 0.15) is 23.2 Å². The number of carbonyl (C=O) groups is 1. The minimum atomic E-state index is -3.78. The molecule has 2 aromatic carbocycles. The van der Waals surface area contributed by atoms with Crippen LogP contribution in [0.3, 0.4) is 0 Å². The van der Waals surface area contributed by atoms with Crippen molar-refractivity contribution in [1.29, 1.82) is 0 Å². The molecule has 1 unspecified atom stereocenters. The zero-order valence-corrected chi connectivity index (χ0v) is 15.7. The van der Waals surface area contributed by atoms with E-state index < -0.39 is 38.4 Å². The van der Waals surface area contributed by atoms with Crippen molar-refractivity contribution in [3.05, 3.63) is 58.4 Å². The maximum absolute atomic E-state index is 13.3. The lowest BCUT2D eigenvalue weighted by atomic mass is 10.2. The van der Waals surface area contributed by atoms with Crippen LogP contribution in [-0.2, 0) is 14.6 Å². The molecule has 2 aromatic rings. The fourth-order valence-corrected chi connectivity index (χ4v) is 5.65.